The van der Waals surface area contributed by atoms with E-state index in [0.717, 1.165) is 30.5 Å². The number of hydrogen-bond acceptors (Lipinski definition) is 3. The van der Waals surface area contributed by atoms with Crippen LogP contribution in [0.5, 0.6) is 11.5 Å². The van der Waals surface area contributed by atoms with Crippen LogP contribution >= 0.6 is 0 Å². The van der Waals surface area contributed by atoms with Crippen LogP contribution in [0.2, 0.25) is 0 Å². The number of methoxy groups -OCH3 is 1. The Balaban J connectivity index is 2.06. The van der Waals surface area contributed by atoms with Crippen molar-refractivity contribution < 1.29 is 9.47 Å². The fourth-order valence-corrected chi connectivity index (χ4v) is 1.69. The third-order valence-electron chi connectivity index (χ3n) is 2.72. The SMILES string of the molecule is COc1cccc(OCCNCCCC(C)C)c1. The topological polar surface area (TPSA) is 30.5 Å². The minimum absolute atomic E-state index is 0.689. The van der Waals surface area contributed by atoms with E-state index in [2.05, 4.69) is 19.2 Å². The van der Waals surface area contributed by atoms with Gasteiger partial charge in [0.25, 0.3) is 0 Å². The highest BCUT2D eigenvalue weighted by atomic mass is 16.5. The molecule has 0 aliphatic heterocycles. The molecule has 0 heterocycles. The van der Waals surface area contributed by atoms with Crippen molar-refractivity contribution in [2.24, 2.45) is 5.92 Å². The molecule has 0 aromatic heterocycles. The first-order valence-corrected chi connectivity index (χ1v) is 6.70. The van der Waals surface area contributed by atoms with Gasteiger partial charge in [0.2, 0.25) is 0 Å². The number of ether oxygens (including phenoxy) is 2. The second-order valence-electron chi connectivity index (χ2n) is 4.81. The quantitative estimate of drug-likeness (QED) is 0.684. The first kappa shape index (κ1) is 14.8. The lowest BCUT2D eigenvalue weighted by molar-refractivity contribution is 0.310. The number of nitrogens with one attached hydrogen (secondary N) is 1. The van der Waals surface area contributed by atoms with Crippen LogP contribution in [0.4, 0.5) is 0 Å². The van der Waals surface area contributed by atoms with Crippen molar-refractivity contribution in [1.29, 1.82) is 0 Å². The van der Waals surface area contributed by atoms with Crippen LogP contribution in [0, 0.1) is 5.92 Å². The zero-order chi connectivity index (χ0) is 13.2. The summed E-state index contributed by atoms with van der Waals surface area (Å²) < 4.78 is 10.8. The summed E-state index contributed by atoms with van der Waals surface area (Å²) in [4.78, 5) is 0. The number of rotatable bonds is 9. The predicted octanol–water partition coefficient (Wildman–Crippen LogP) is 3.10. The first-order chi connectivity index (χ1) is 8.72. The summed E-state index contributed by atoms with van der Waals surface area (Å²) in [6, 6.07) is 7.70. The largest absolute Gasteiger partial charge is 0.497 e. The average molecular weight is 251 g/mol. The number of hydrogen-bond donors (Lipinski definition) is 1. The monoisotopic (exact) mass is 251 g/mol. The van der Waals surface area contributed by atoms with Crippen LogP contribution < -0.4 is 14.8 Å². The highest BCUT2D eigenvalue weighted by Gasteiger charge is 1.97. The van der Waals surface area contributed by atoms with Crippen molar-refractivity contribution >= 4 is 0 Å². The van der Waals surface area contributed by atoms with Gasteiger partial charge >= 0.3 is 0 Å². The zero-order valence-corrected chi connectivity index (χ0v) is 11.7. The molecule has 0 fully saturated rings. The van der Waals surface area contributed by atoms with Gasteiger partial charge in [-0.1, -0.05) is 19.9 Å². The Labute approximate surface area is 110 Å². The van der Waals surface area contributed by atoms with Crippen LogP contribution in [-0.2, 0) is 0 Å². The summed E-state index contributed by atoms with van der Waals surface area (Å²) in [5, 5.41) is 3.38. The van der Waals surface area contributed by atoms with Crippen LogP contribution in [0.1, 0.15) is 26.7 Å². The minimum atomic E-state index is 0.689. The third-order valence-corrected chi connectivity index (χ3v) is 2.72. The smallest absolute Gasteiger partial charge is 0.123 e. The average Bonchev–Trinajstić information content (AvgIpc) is 2.37. The van der Waals surface area contributed by atoms with Crippen molar-refractivity contribution in [2.45, 2.75) is 26.7 Å². The van der Waals surface area contributed by atoms with Gasteiger partial charge in [-0.15, -0.1) is 0 Å². The Morgan fingerprint density at radius 3 is 2.67 bits per heavy atom. The second kappa shape index (κ2) is 8.81. The van der Waals surface area contributed by atoms with Gasteiger partial charge in [-0.2, -0.15) is 0 Å². The van der Waals surface area contributed by atoms with Crippen molar-refractivity contribution in [3.63, 3.8) is 0 Å². The van der Waals surface area contributed by atoms with Gasteiger partial charge in [0.05, 0.1) is 7.11 Å². The standard InChI is InChI=1S/C15H25NO2/c1-13(2)6-5-9-16-10-11-18-15-8-4-7-14(12-15)17-3/h4,7-8,12-13,16H,5-6,9-11H2,1-3H3. The molecule has 1 aromatic carbocycles. The molecule has 0 spiro atoms. The molecule has 1 rings (SSSR count). The summed E-state index contributed by atoms with van der Waals surface area (Å²) in [6.45, 7) is 7.15. The summed E-state index contributed by atoms with van der Waals surface area (Å²) in [7, 11) is 1.66. The van der Waals surface area contributed by atoms with E-state index in [9.17, 15) is 0 Å². The van der Waals surface area contributed by atoms with E-state index in [4.69, 9.17) is 9.47 Å². The van der Waals surface area contributed by atoms with E-state index >= 15 is 0 Å². The fourth-order valence-electron chi connectivity index (χ4n) is 1.69. The normalized spacial score (nSPS) is 10.7. The lowest BCUT2D eigenvalue weighted by Crippen LogP contribution is -2.22. The highest BCUT2D eigenvalue weighted by molar-refractivity contribution is 5.32. The fraction of sp³-hybridized carbons (Fsp3) is 0.600. The molecule has 102 valence electrons. The Morgan fingerprint density at radius 1 is 1.17 bits per heavy atom. The Hall–Kier alpha value is -1.22. The van der Waals surface area contributed by atoms with E-state index in [0.29, 0.717) is 6.61 Å². The molecule has 0 aliphatic rings. The molecule has 0 atom stereocenters. The van der Waals surface area contributed by atoms with Gasteiger partial charge in [0.15, 0.2) is 0 Å². The van der Waals surface area contributed by atoms with Gasteiger partial charge in [-0.25, -0.2) is 0 Å². The minimum Gasteiger partial charge on any atom is -0.497 e. The highest BCUT2D eigenvalue weighted by Crippen LogP contribution is 2.18. The summed E-state index contributed by atoms with van der Waals surface area (Å²) in [5.41, 5.74) is 0. The van der Waals surface area contributed by atoms with Gasteiger partial charge < -0.3 is 14.8 Å². The summed E-state index contributed by atoms with van der Waals surface area (Å²) in [6.07, 6.45) is 2.51. The Bertz CT molecular complexity index is 326. The maximum atomic E-state index is 5.63. The van der Waals surface area contributed by atoms with Crippen LogP contribution in [-0.4, -0.2) is 26.8 Å². The Morgan fingerprint density at radius 2 is 1.94 bits per heavy atom. The van der Waals surface area contributed by atoms with Crippen molar-refractivity contribution in [3.05, 3.63) is 24.3 Å². The van der Waals surface area contributed by atoms with Crippen LogP contribution in [0.25, 0.3) is 0 Å². The third kappa shape index (κ3) is 6.50. The van der Waals surface area contributed by atoms with E-state index in [1.807, 2.05) is 24.3 Å². The molecule has 0 saturated carbocycles. The van der Waals surface area contributed by atoms with E-state index in [1.54, 1.807) is 7.11 Å². The van der Waals surface area contributed by atoms with Gasteiger partial charge in [0.1, 0.15) is 18.1 Å². The molecule has 18 heavy (non-hydrogen) atoms. The van der Waals surface area contributed by atoms with Crippen LogP contribution in [0.3, 0.4) is 0 Å². The van der Waals surface area contributed by atoms with Crippen LogP contribution in [0.15, 0.2) is 24.3 Å². The van der Waals surface area contributed by atoms with E-state index in [1.165, 1.54) is 12.8 Å². The maximum Gasteiger partial charge on any atom is 0.123 e. The van der Waals surface area contributed by atoms with Crippen molar-refractivity contribution in [3.8, 4) is 11.5 Å². The van der Waals surface area contributed by atoms with E-state index < -0.39 is 0 Å². The zero-order valence-electron chi connectivity index (χ0n) is 11.7. The maximum absolute atomic E-state index is 5.63. The lowest BCUT2D eigenvalue weighted by atomic mass is 10.1. The molecule has 0 aliphatic carbocycles. The van der Waals surface area contributed by atoms with Gasteiger partial charge in [-0.05, 0) is 37.4 Å². The Kier molecular flexibility index (Phi) is 7.26. The molecule has 0 bridgehead atoms. The second-order valence-corrected chi connectivity index (χ2v) is 4.81. The number of benzene rings is 1. The van der Waals surface area contributed by atoms with Crippen molar-refractivity contribution in [1.82, 2.24) is 5.32 Å². The molecule has 0 saturated heterocycles. The summed E-state index contributed by atoms with van der Waals surface area (Å²) in [5.74, 6) is 2.48. The molecule has 1 N–H and O–H groups in total. The first-order valence-electron chi connectivity index (χ1n) is 6.70. The summed E-state index contributed by atoms with van der Waals surface area (Å²) >= 11 is 0. The molecule has 3 nitrogen and oxygen atoms in total. The molecule has 0 unspecified atom stereocenters. The van der Waals surface area contributed by atoms with Gasteiger partial charge in [0, 0.05) is 12.6 Å². The molecule has 0 radical (unpaired) electrons. The molecular formula is C15H25NO2. The molecular weight excluding hydrogens is 226 g/mol. The predicted molar refractivity (Wildman–Crippen MR) is 75.4 cm³/mol. The molecule has 1 aromatic rings. The van der Waals surface area contributed by atoms with Crippen molar-refractivity contribution in [2.75, 3.05) is 26.8 Å². The molecule has 3 heteroatoms. The molecule has 0 amide bonds. The van der Waals surface area contributed by atoms with E-state index in [-0.39, 0.29) is 0 Å². The lowest BCUT2D eigenvalue weighted by Gasteiger charge is -2.09. The van der Waals surface area contributed by atoms with Gasteiger partial charge in [-0.3, -0.25) is 0 Å².